The molecule has 2 aromatic carbocycles. The first-order chi connectivity index (χ1) is 11.2. The zero-order chi connectivity index (χ0) is 16.2. The molecule has 3 aromatic rings. The predicted octanol–water partition coefficient (Wildman–Crippen LogP) is 2.81. The normalized spacial score (nSPS) is 11.1. The van der Waals surface area contributed by atoms with E-state index in [1.165, 1.54) is 4.68 Å². The van der Waals surface area contributed by atoms with Crippen molar-refractivity contribution in [3.05, 3.63) is 82.3 Å². The number of allylic oxidation sites excluding steroid dienone is 1. The molecule has 0 aliphatic heterocycles. The van der Waals surface area contributed by atoms with Crippen LogP contribution in [0.4, 0.5) is 0 Å². The van der Waals surface area contributed by atoms with Gasteiger partial charge in [-0.1, -0.05) is 60.7 Å². The highest BCUT2D eigenvalue weighted by molar-refractivity contribution is 6.01. The molecule has 0 amide bonds. The van der Waals surface area contributed by atoms with Gasteiger partial charge in [0.1, 0.15) is 0 Å². The topological polar surface area (TPSA) is 72.2 Å². The molecule has 114 valence electrons. The van der Waals surface area contributed by atoms with Crippen LogP contribution in [0.25, 0.3) is 16.8 Å². The maximum absolute atomic E-state index is 12.4. The number of aromatic nitrogens is 2. The van der Waals surface area contributed by atoms with Crippen LogP contribution in [-0.4, -0.2) is 20.9 Å². The van der Waals surface area contributed by atoms with Gasteiger partial charge >= 0.3 is 5.97 Å². The minimum Gasteiger partial charge on any atom is -0.476 e. The van der Waals surface area contributed by atoms with Crippen molar-refractivity contribution in [1.82, 2.24) is 9.78 Å². The van der Waals surface area contributed by atoms with E-state index in [1.54, 1.807) is 30.3 Å². The Kier molecular flexibility index (Phi) is 4.01. The molecule has 0 radical (unpaired) electrons. The number of nitrogens with zero attached hydrogens (tertiary/aromatic N) is 2. The molecular formula is C18H14N2O3. The van der Waals surface area contributed by atoms with Crippen LogP contribution in [0.15, 0.2) is 65.5 Å². The summed E-state index contributed by atoms with van der Waals surface area (Å²) in [5, 5.41) is 14.0. The Morgan fingerprint density at radius 2 is 1.70 bits per heavy atom. The van der Waals surface area contributed by atoms with Gasteiger partial charge in [0.2, 0.25) is 0 Å². The number of hydrogen-bond acceptors (Lipinski definition) is 3. The summed E-state index contributed by atoms with van der Waals surface area (Å²) in [6.07, 6.45) is 3.65. The van der Waals surface area contributed by atoms with Gasteiger partial charge in [0.15, 0.2) is 5.69 Å². The fraction of sp³-hybridized carbons (Fsp3) is 0.0556. The van der Waals surface area contributed by atoms with Gasteiger partial charge in [0, 0.05) is 5.39 Å². The quantitative estimate of drug-likeness (QED) is 0.804. The average molecular weight is 306 g/mol. The number of fused-ring (bicyclic) bond motifs is 1. The molecule has 0 saturated carbocycles. The van der Waals surface area contributed by atoms with Crippen molar-refractivity contribution in [3.8, 4) is 0 Å². The van der Waals surface area contributed by atoms with Gasteiger partial charge in [-0.05, 0) is 11.6 Å². The number of carboxylic acids is 1. The van der Waals surface area contributed by atoms with Gasteiger partial charge < -0.3 is 5.11 Å². The molecule has 1 heterocycles. The molecule has 3 rings (SSSR count). The van der Waals surface area contributed by atoms with Crippen LogP contribution < -0.4 is 5.56 Å². The van der Waals surface area contributed by atoms with E-state index in [0.717, 1.165) is 5.56 Å². The highest BCUT2D eigenvalue weighted by Gasteiger charge is 2.14. The van der Waals surface area contributed by atoms with Gasteiger partial charge in [-0.2, -0.15) is 5.10 Å². The first kappa shape index (κ1) is 14.7. The second-order valence-corrected chi connectivity index (χ2v) is 5.00. The standard InChI is InChI=1S/C18H14N2O3/c21-17-15-11-5-4-10-14(15)16(18(22)23)19-20(17)12-6-9-13-7-2-1-3-8-13/h1-11H,12H2,(H,22,23). The lowest BCUT2D eigenvalue weighted by Crippen LogP contribution is -2.25. The van der Waals surface area contributed by atoms with E-state index >= 15 is 0 Å². The van der Waals surface area contributed by atoms with Crippen molar-refractivity contribution in [2.75, 3.05) is 0 Å². The Morgan fingerprint density at radius 1 is 1.04 bits per heavy atom. The van der Waals surface area contributed by atoms with Gasteiger partial charge in [-0.25, -0.2) is 9.48 Å². The van der Waals surface area contributed by atoms with E-state index in [-0.39, 0.29) is 17.8 Å². The highest BCUT2D eigenvalue weighted by Crippen LogP contribution is 2.13. The van der Waals surface area contributed by atoms with E-state index in [1.807, 2.05) is 36.4 Å². The summed E-state index contributed by atoms with van der Waals surface area (Å²) >= 11 is 0. The molecule has 0 atom stereocenters. The van der Waals surface area contributed by atoms with Crippen molar-refractivity contribution >= 4 is 22.8 Å². The maximum atomic E-state index is 12.4. The Bertz CT molecular complexity index is 943. The Hall–Kier alpha value is -3.21. The molecule has 0 aliphatic carbocycles. The summed E-state index contributed by atoms with van der Waals surface area (Å²) in [7, 11) is 0. The Morgan fingerprint density at radius 3 is 2.39 bits per heavy atom. The summed E-state index contributed by atoms with van der Waals surface area (Å²) < 4.78 is 1.17. The molecule has 0 unspecified atom stereocenters. The van der Waals surface area contributed by atoms with Gasteiger partial charge in [-0.3, -0.25) is 4.79 Å². The average Bonchev–Trinajstić information content (AvgIpc) is 2.58. The molecule has 1 aromatic heterocycles. The molecular weight excluding hydrogens is 292 g/mol. The van der Waals surface area contributed by atoms with E-state index < -0.39 is 5.97 Å². The van der Waals surface area contributed by atoms with Gasteiger partial charge in [-0.15, -0.1) is 0 Å². The van der Waals surface area contributed by atoms with E-state index in [4.69, 9.17) is 0 Å². The van der Waals surface area contributed by atoms with E-state index in [2.05, 4.69) is 5.10 Å². The minimum absolute atomic E-state index is 0.117. The predicted molar refractivity (Wildman–Crippen MR) is 88.4 cm³/mol. The van der Waals surface area contributed by atoms with Crippen LogP contribution in [-0.2, 0) is 6.54 Å². The van der Waals surface area contributed by atoms with Crippen LogP contribution in [0.2, 0.25) is 0 Å². The molecule has 0 bridgehead atoms. The molecule has 0 saturated heterocycles. The molecule has 23 heavy (non-hydrogen) atoms. The molecule has 1 N–H and O–H groups in total. The van der Waals surface area contributed by atoms with Crippen LogP contribution >= 0.6 is 0 Å². The summed E-state index contributed by atoms with van der Waals surface area (Å²) in [6.45, 7) is 0.207. The first-order valence-electron chi connectivity index (χ1n) is 7.11. The SMILES string of the molecule is O=C(O)c1nn(CC=Cc2ccccc2)c(=O)c2ccccc12. The number of benzene rings is 2. The van der Waals surface area contributed by atoms with Crippen molar-refractivity contribution in [2.45, 2.75) is 6.54 Å². The number of carboxylic acid groups (broad SMARTS) is 1. The summed E-state index contributed by atoms with van der Waals surface area (Å²) in [6, 6.07) is 16.2. The number of hydrogen-bond donors (Lipinski definition) is 1. The third-order valence-electron chi connectivity index (χ3n) is 3.46. The molecule has 0 aliphatic rings. The van der Waals surface area contributed by atoms with E-state index in [9.17, 15) is 14.7 Å². The van der Waals surface area contributed by atoms with Gasteiger partial charge in [0.25, 0.3) is 5.56 Å². The Labute approximate surface area is 132 Å². The summed E-state index contributed by atoms with van der Waals surface area (Å²) in [5.74, 6) is -1.15. The van der Waals surface area contributed by atoms with Gasteiger partial charge in [0.05, 0.1) is 11.9 Å². The number of aromatic carboxylic acids is 1. The van der Waals surface area contributed by atoms with Crippen molar-refractivity contribution < 1.29 is 9.90 Å². The lowest BCUT2D eigenvalue weighted by molar-refractivity contribution is 0.0690. The maximum Gasteiger partial charge on any atom is 0.357 e. The second-order valence-electron chi connectivity index (χ2n) is 5.00. The molecule has 5 nitrogen and oxygen atoms in total. The molecule has 5 heteroatoms. The third-order valence-corrected chi connectivity index (χ3v) is 3.46. The third kappa shape index (κ3) is 3.03. The number of rotatable bonds is 4. The van der Waals surface area contributed by atoms with Crippen molar-refractivity contribution in [3.63, 3.8) is 0 Å². The lowest BCUT2D eigenvalue weighted by atomic mass is 10.1. The monoisotopic (exact) mass is 306 g/mol. The largest absolute Gasteiger partial charge is 0.476 e. The van der Waals surface area contributed by atoms with Crippen molar-refractivity contribution in [2.24, 2.45) is 0 Å². The fourth-order valence-electron chi connectivity index (χ4n) is 2.37. The Balaban J connectivity index is 2.01. The minimum atomic E-state index is -1.15. The molecule has 0 fully saturated rings. The van der Waals surface area contributed by atoms with Crippen LogP contribution in [0.3, 0.4) is 0 Å². The lowest BCUT2D eigenvalue weighted by Gasteiger charge is -2.06. The first-order valence-corrected chi connectivity index (χ1v) is 7.11. The zero-order valence-electron chi connectivity index (χ0n) is 12.2. The fourth-order valence-corrected chi connectivity index (χ4v) is 2.37. The van der Waals surface area contributed by atoms with E-state index in [0.29, 0.717) is 10.8 Å². The summed E-state index contributed by atoms with van der Waals surface area (Å²) in [5.41, 5.74) is 0.580. The molecule has 0 spiro atoms. The van der Waals surface area contributed by atoms with Crippen LogP contribution in [0, 0.1) is 0 Å². The highest BCUT2D eigenvalue weighted by atomic mass is 16.4. The van der Waals surface area contributed by atoms with Crippen LogP contribution in [0.5, 0.6) is 0 Å². The zero-order valence-corrected chi connectivity index (χ0v) is 12.2. The smallest absolute Gasteiger partial charge is 0.357 e. The summed E-state index contributed by atoms with van der Waals surface area (Å²) in [4.78, 5) is 23.8. The number of carbonyl (C=O) groups is 1. The van der Waals surface area contributed by atoms with Crippen LogP contribution in [0.1, 0.15) is 16.1 Å². The van der Waals surface area contributed by atoms with Crippen molar-refractivity contribution in [1.29, 1.82) is 0 Å². The second kappa shape index (κ2) is 6.27.